The molecule has 0 aliphatic heterocycles. The zero-order valence-corrected chi connectivity index (χ0v) is 12.1. The molecule has 0 fully saturated rings. The van der Waals surface area contributed by atoms with Gasteiger partial charge in [-0.05, 0) is 40.3 Å². The third-order valence-corrected chi connectivity index (χ3v) is 4.98. The molecule has 0 saturated heterocycles. The lowest BCUT2D eigenvalue weighted by Gasteiger charge is -2.16. The van der Waals surface area contributed by atoms with E-state index in [1.165, 1.54) is 27.2 Å². The summed E-state index contributed by atoms with van der Waals surface area (Å²) >= 11 is 3.15. The topological polar surface area (TPSA) is 63.8 Å². The standard InChI is InChI=1S/C13H14N4S2/c1-2-10-13(19-17-16-10)11(15-14)9-5-3-4-8-6-7-18-12(8)9/h3-7,11,15H,2,14H2,1H3. The molecule has 0 aliphatic rings. The van der Waals surface area contributed by atoms with Crippen molar-refractivity contribution in [1.82, 2.24) is 15.0 Å². The van der Waals surface area contributed by atoms with Crippen molar-refractivity contribution in [1.29, 1.82) is 0 Å². The van der Waals surface area contributed by atoms with Gasteiger partial charge in [0.25, 0.3) is 0 Å². The van der Waals surface area contributed by atoms with E-state index in [9.17, 15) is 0 Å². The minimum atomic E-state index is -0.0442. The van der Waals surface area contributed by atoms with E-state index >= 15 is 0 Å². The van der Waals surface area contributed by atoms with E-state index in [2.05, 4.69) is 51.6 Å². The lowest BCUT2D eigenvalue weighted by molar-refractivity contribution is 0.643. The highest BCUT2D eigenvalue weighted by Crippen LogP contribution is 2.34. The number of nitrogens with two attached hydrogens (primary N) is 1. The molecule has 0 spiro atoms. The summed E-state index contributed by atoms with van der Waals surface area (Å²) in [6, 6.07) is 8.38. The maximum Gasteiger partial charge on any atom is 0.0851 e. The smallest absolute Gasteiger partial charge is 0.0851 e. The number of nitrogens with one attached hydrogen (secondary N) is 1. The first-order chi connectivity index (χ1) is 9.35. The quantitative estimate of drug-likeness (QED) is 0.573. The summed E-state index contributed by atoms with van der Waals surface area (Å²) in [5.74, 6) is 5.79. The number of benzene rings is 1. The molecule has 3 aromatic rings. The van der Waals surface area contributed by atoms with E-state index in [-0.39, 0.29) is 6.04 Å². The molecule has 6 heteroatoms. The predicted octanol–water partition coefficient (Wildman–Crippen LogP) is 2.87. The fourth-order valence-corrected chi connectivity index (χ4v) is 3.99. The molecular formula is C13H14N4S2. The van der Waals surface area contributed by atoms with Crippen LogP contribution in [-0.4, -0.2) is 9.59 Å². The molecule has 1 unspecified atom stereocenters. The molecule has 2 heterocycles. The van der Waals surface area contributed by atoms with Crippen molar-refractivity contribution < 1.29 is 0 Å². The van der Waals surface area contributed by atoms with E-state index in [0.717, 1.165) is 17.0 Å². The summed E-state index contributed by atoms with van der Waals surface area (Å²) in [6.45, 7) is 2.08. The number of rotatable bonds is 4. The van der Waals surface area contributed by atoms with Crippen molar-refractivity contribution in [2.45, 2.75) is 19.4 Å². The van der Waals surface area contributed by atoms with Gasteiger partial charge in [-0.1, -0.05) is 29.6 Å². The Morgan fingerprint density at radius 2 is 2.26 bits per heavy atom. The number of hydrazine groups is 1. The average molecular weight is 290 g/mol. The van der Waals surface area contributed by atoms with Gasteiger partial charge in [-0.25, -0.2) is 5.43 Å². The molecule has 4 nitrogen and oxygen atoms in total. The van der Waals surface area contributed by atoms with Crippen LogP contribution in [0.25, 0.3) is 10.1 Å². The fraction of sp³-hybridized carbons (Fsp3) is 0.231. The highest BCUT2D eigenvalue weighted by Gasteiger charge is 2.21. The van der Waals surface area contributed by atoms with Gasteiger partial charge in [0.2, 0.25) is 0 Å². The van der Waals surface area contributed by atoms with Crippen LogP contribution in [0.15, 0.2) is 29.6 Å². The number of aryl methyl sites for hydroxylation is 1. The zero-order valence-electron chi connectivity index (χ0n) is 10.5. The van der Waals surface area contributed by atoms with Crippen molar-refractivity contribution >= 4 is 33.0 Å². The Kier molecular flexibility index (Phi) is 3.56. The molecule has 0 aliphatic carbocycles. The van der Waals surface area contributed by atoms with Gasteiger partial charge in [0.1, 0.15) is 0 Å². The van der Waals surface area contributed by atoms with Gasteiger partial charge >= 0.3 is 0 Å². The molecule has 19 heavy (non-hydrogen) atoms. The Morgan fingerprint density at radius 1 is 1.37 bits per heavy atom. The Morgan fingerprint density at radius 3 is 3.05 bits per heavy atom. The molecule has 0 amide bonds. The van der Waals surface area contributed by atoms with Crippen LogP contribution in [0.3, 0.4) is 0 Å². The van der Waals surface area contributed by atoms with Gasteiger partial charge in [-0.15, -0.1) is 16.4 Å². The summed E-state index contributed by atoms with van der Waals surface area (Å²) in [6.07, 6.45) is 0.866. The lowest BCUT2D eigenvalue weighted by atomic mass is 10.0. The van der Waals surface area contributed by atoms with E-state index in [1.54, 1.807) is 11.3 Å². The highest BCUT2D eigenvalue weighted by molar-refractivity contribution is 7.17. The minimum absolute atomic E-state index is 0.0442. The monoisotopic (exact) mass is 290 g/mol. The van der Waals surface area contributed by atoms with Crippen LogP contribution in [0, 0.1) is 0 Å². The van der Waals surface area contributed by atoms with E-state index in [4.69, 9.17) is 5.84 Å². The second-order valence-corrected chi connectivity index (χ2v) is 5.93. The number of nitrogens with zero attached hydrogens (tertiary/aromatic N) is 2. The molecule has 3 N–H and O–H groups in total. The highest BCUT2D eigenvalue weighted by atomic mass is 32.1. The van der Waals surface area contributed by atoms with Crippen molar-refractivity contribution in [3.05, 3.63) is 45.8 Å². The van der Waals surface area contributed by atoms with Crippen LogP contribution in [0.1, 0.15) is 29.1 Å². The predicted molar refractivity (Wildman–Crippen MR) is 80.3 cm³/mol. The Balaban J connectivity index is 2.15. The first-order valence-corrected chi connectivity index (χ1v) is 7.73. The van der Waals surface area contributed by atoms with Crippen LogP contribution >= 0.6 is 22.9 Å². The number of hydrogen-bond acceptors (Lipinski definition) is 6. The average Bonchev–Trinajstić information content (AvgIpc) is 3.08. The van der Waals surface area contributed by atoms with Crippen molar-refractivity contribution in [2.75, 3.05) is 0 Å². The van der Waals surface area contributed by atoms with Crippen LogP contribution < -0.4 is 11.3 Å². The summed E-state index contributed by atoms with van der Waals surface area (Å²) in [4.78, 5) is 1.10. The number of hydrogen-bond donors (Lipinski definition) is 2. The van der Waals surface area contributed by atoms with Gasteiger partial charge < -0.3 is 0 Å². The second kappa shape index (κ2) is 5.34. The molecule has 0 saturated carbocycles. The minimum Gasteiger partial charge on any atom is -0.271 e. The maximum absolute atomic E-state index is 5.79. The molecular weight excluding hydrogens is 276 g/mol. The van der Waals surface area contributed by atoms with Crippen LogP contribution in [0.5, 0.6) is 0 Å². The largest absolute Gasteiger partial charge is 0.271 e. The van der Waals surface area contributed by atoms with Crippen molar-refractivity contribution in [3.8, 4) is 0 Å². The maximum atomic E-state index is 5.79. The van der Waals surface area contributed by atoms with Crippen LogP contribution in [0.4, 0.5) is 0 Å². The Bertz CT molecular complexity index is 689. The SMILES string of the molecule is CCc1nnsc1C(NN)c1cccc2ccsc12. The fourth-order valence-electron chi connectivity index (χ4n) is 2.23. The van der Waals surface area contributed by atoms with Crippen molar-refractivity contribution in [3.63, 3.8) is 0 Å². The lowest BCUT2D eigenvalue weighted by Crippen LogP contribution is -2.29. The number of thiophene rings is 1. The molecule has 1 aromatic carbocycles. The molecule has 0 radical (unpaired) electrons. The van der Waals surface area contributed by atoms with Crippen LogP contribution in [-0.2, 0) is 6.42 Å². The van der Waals surface area contributed by atoms with E-state index in [1.807, 2.05) is 0 Å². The molecule has 2 aromatic heterocycles. The summed E-state index contributed by atoms with van der Waals surface area (Å²) in [7, 11) is 0. The Labute approximate surface area is 119 Å². The van der Waals surface area contributed by atoms with Gasteiger partial charge in [-0.3, -0.25) is 5.84 Å². The van der Waals surface area contributed by atoms with Crippen molar-refractivity contribution in [2.24, 2.45) is 5.84 Å². The first-order valence-electron chi connectivity index (χ1n) is 6.08. The van der Waals surface area contributed by atoms with E-state index < -0.39 is 0 Å². The molecule has 0 bridgehead atoms. The molecule has 98 valence electrons. The summed E-state index contributed by atoms with van der Waals surface area (Å²) in [5, 5.41) is 7.53. The van der Waals surface area contributed by atoms with Crippen LogP contribution in [0.2, 0.25) is 0 Å². The third kappa shape index (κ3) is 2.17. The van der Waals surface area contributed by atoms with Gasteiger partial charge in [0, 0.05) is 4.70 Å². The van der Waals surface area contributed by atoms with Gasteiger partial charge in [0.15, 0.2) is 0 Å². The second-order valence-electron chi connectivity index (χ2n) is 4.22. The Hall–Kier alpha value is -1.34. The number of aromatic nitrogens is 2. The number of fused-ring (bicyclic) bond motifs is 1. The first kappa shape index (κ1) is 12.7. The normalized spacial score (nSPS) is 12.9. The van der Waals surface area contributed by atoms with Gasteiger partial charge in [0.05, 0.1) is 16.6 Å². The van der Waals surface area contributed by atoms with Gasteiger partial charge in [-0.2, -0.15) is 0 Å². The zero-order chi connectivity index (χ0) is 13.2. The molecule has 3 rings (SSSR count). The third-order valence-electron chi connectivity index (χ3n) is 3.17. The van der Waals surface area contributed by atoms with E-state index in [0.29, 0.717) is 0 Å². The molecule has 1 atom stereocenters. The summed E-state index contributed by atoms with van der Waals surface area (Å²) in [5.41, 5.74) is 5.12. The summed E-state index contributed by atoms with van der Waals surface area (Å²) < 4.78 is 5.32.